The lowest BCUT2D eigenvalue weighted by Gasteiger charge is -2.32. The highest BCUT2D eigenvalue weighted by atomic mass is 32.2. The first-order valence-electron chi connectivity index (χ1n) is 11.2. The zero-order valence-electron chi connectivity index (χ0n) is 18.6. The second-order valence-electron chi connectivity index (χ2n) is 8.75. The normalized spacial score (nSPS) is 19.4. The number of benzene rings is 2. The van der Waals surface area contributed by atoms with Gasteiger partial charge in [-0.2, -0.15) is 4.31 Å². The van der Waals surface area contributed by atoms with Crippen LogP contribution in [0.3, 0.4) is 0 Å². The Morgan fingerprint density at radius 1 is 1.09 bits per heavy atom. The van der Waals surface area contributed by atoms with E-state index in [4.69, 9.17) is 0 Å². The lowest BCUT2D eigenvalue weighted by atomic mass is 9.99. The smallest absolute Gasteiger partial charge is 0.293 e. The lowest BCUT2D eigenvalue weighted by molar-refractivity contribution is -0.384. The molecule has 176 valence electrons. The summed E-state index contributed by atoms with van der Waals surface area (Å²) < 4.78 is 27.1. The van der Waals surface area contributed by atoms with Crippen LogP contribution in [-0.4, -0.2) is 49.7 Å². The van der Waals surface area contributed by atoms with Gasteiger partial charge in [0, 0.05) is 43.5 Å². The van der Waals surface area contributed by atoms with E-state index in [2.05, 4.69) is 12.2 Å². The number of amides is 1. The largest absolute Gasteiger partial charge is 0.366 e. The van der Waals surface area contributed by atoms with Crippen molar-refractivity contribution in [1.29, 1.82) is 0 Å². The zero-order chi connectivity index (χ0) is 23.6. The molecule has 2 fully saturated rings. The Kier molecular flexibility index (Phi) is 6.66. The van der Waals surface area contributed by atoms with Gasteiger partial charge in [0.1, 0.15) is 5.69 Å². The SMILES string of the molecule is C[C@H]1CCCN(c2ccc(C(=O)Nc3cccc(S(=O)(=O)N4CCCC4)c3)cc2[N+](=O)[O-])C1. The number of carbonyl (C=O) groups is 1. The van der Waals surface area contributed by atoms with Gasteiger partial charge in [0.15, 0.2) is 0 Å². The Bertz CT molecular complexity index is 1160. The number of nitrogens with zero attached hydrogens (tertiary/aromatic N) is 3. The van der Waals surface area contributed by atoms with Gasteiger partial charge in [0.2, 0.25) is 10.0 Å². The Hall–Kier alpha value is -2.98. The van der Waals surface area contributed by atoms with Gasteiger partial charge >= 0.3 is 0 Å². The van der Waals surface area contributed by atoms with Crippen LogP contribution in [0.2, 0.25) is 0 Å². The molecule has 2 heterocycles. The summed E-state index contributed by atoms with van der Waals surface area (Å²) in [5.41, 5.74) is 0.865. The minimum atomic E-state index is -3.62. The summed E-state index contributed by atoms with van der Waals surface area (Å²) >= 11 is 0. The van der Waals surface area contributed by atoms with Crippen molar-refractivity contribution < 1.29 is 18.1 Å². The standard InChI is InChI=1S/C23H28N4O5S/c1-17-6-5-11-25(16-17)21-10-9-18(14-22(21)27(29)30)23(28)24-19-7-4-8-20(15-19)33(31,32)26-12-2-3-13-26/h4,7-10,14-15,17H,2-3,5-6,11-13,16H2,1H3,(H,24,28)/t17-/m0/s1. The van der Waals surface area contributed by atoms with Crippen molar-refractivity contribution in [2.75, 3.05) is 36.4 Å². The fourth-order valence-electron chi connectivity index (χ4n) is 4.50. The highest BCUT2D eigenvalue weighted by Crippen LogP contribution is 2.33. The van der Waals surface area contributed by atoms with Crippen LogP contribution < -0.4 is 10.2 Å². The Labute approximate surface area is 193 Å². The first-order chi connectivity index (χ1) is 15.8. The second kappa shape index (κ2) is 9.48. The van der Waals surface area contributed by atoms with Gasteiger partial charge in [0.05, 0.1) is 9.82 Å². The first-order valence-corrected chi connectivity index (χ1v) is 12.6. The Balaban J connectivity index is 1.55. The average molecular weight is 473 g/mol. The summed E-state index contributed by atoms with van der Waals surface area (Å²) in [6, 6.07) is 10.6. The molecule has 10 heteroatoms. The van der Waals surface area contributed by atoms with Gasteiger partial charge in [-0.05, 0) is 61.9 Å². The molecule has 1 atom stereocenters. The van der Waals surface area contributed by atoms with Crippen LogP contribution in [0.5, 0.6) is 0 Å². The minimum absolute atomic E-state index is 0.109. The molecule has 0 bridgehead atoms. The molecule has 33 heavy (non-hydrogen) atoms. The zero-order valence-corrected chi connectivity index (χ0v) is 19.4. The monoisotopic (exact) mass is 472 g/mol. The fourth-order valence-corrected chi connectivity index (χ4v) is 6.07. The predicted molar refractivity (Wildman–Crippen MR) is 126 cm³/mol. The van der Waals surface area contributed by atoms with E-state index in [1.165, 1.54) is 22.5 Å². The van der Waals surface area contributed by atoms with Crippen molar-refractivity contribution in [2.24, 2.45) is 5.92 Å². The maximum atomic E-state index is 12.8. The van der Waals surface area contributed by atoms with Crippen molar-refractivity contribution in [2.45, 2.75) is 37.5 Å². The minimum Gasteiger partial charge on any atom is -0.366 e. The Morgan fingerprint density at radius 3 is 2.55 bits per heavy atom. The number of anilines is 2. The van der Waals surface area contributed by atoms with E-state index in [0.717, 1.165) is 38.8 Å². The molecular weight excluding hydrogens is 444 g/mol. The highest BCUT2D eigenvalue weighted by Gasteiger charge is 2.28. The summed E-state index contributed by atoms with van der Waals surface area (Å²) in [6.07, 6.45) is 3.73. The third-order valence-corrected chi connectivity index (χ3v) is 8.12. The van der Waals surface area contributed by atoms with Gasteiger partial charge in [0.25, 0.3) is 11.6 Å². The van der Waals surface area contributed by atoms with E-state index in [9.17, 15) is 23.3 Å². The van der Waals surface area contributed by atoms with Crippen LogP contribution in [0, 0.1) is 16.0 Å². The number of nitro groups is 1. The number of carbonyl (C=O) groups excluding carboxylic acids is 1. The molecule has 2 aliphatic heterocycles. The van der Waals surface area contributed by atoms with Gasteiger partial charge in [-0.25, -0.2) is 8.42 Å². The van der Waals surface area contributed by atoms with Gasteiger partial charge in [-0.3, -0.25) is 14.9 Å². The molecule has 2 saturated heterocycles. The summed E-state index contributed by atoms with van der Waals surface area (Å²) in [4.78, 5) is 26.2. The maximum absolute atomic E-state index is 12.8. The van der Waals surface area contributed by atoms with Crippen molar-refractivity contribution in [3.63, 3.8) is 0 Å². The van der Waals surface area contributed by atoms with Crippen LogP contribution in [0.4, 0.5) is 17.1 Å². The molecule has 1 amide bonds. The number of hydrogen-bond acceptors (Lipinski definition) is 6. The first kappa shape index (κ1) is 23.2. The van der Waals surface area contributed by atoms with Gasteiger partial charge < -0.3 is 10.2 Å². The topological polar surface area (TPSA) is 113 Å². The van der Waals surface area contributed by atoms with Crippen molar-refractivity contribution in [1.82, 2.24) is 4.31 Å². The average Bonchev–Trinajstić information content (AvgIpc) is 3.35. The maximum Gasteiger partial charge on any atom is 0.293 e. The number of nitrogens with one attached hydrogen (secondary N) is 1. The molecule has 0 unspecified atom stereocenters. The molecule has 4 rings (SSSR count). The summed E-state index contributed by atoms with van der Waals surface area (Å²) in [6.45, 7) is 4.59. The van der Waals surface area contributed by atoms with Crippen LogP contribution in [0.15, 0.2) is 47.4 Å². The van der Waals surface area contributed by atoms with E-state index < -0.39 is 20.9 Å². The molecule has 1 N–H and O–H groups in total. The number of rotatable bonds is 6. The summed E-state index contributed by atoms with van der Waals surface area (Å²) in [5, 5.41) is 14.4. The molecule has 2 aromatic carbocycles. The highest BCUT2D eigenvalue weighted by molar-refractivity contribution is 7.89. The Morgan fingerprint density at radius 2 is 1.85 bits per heavy atom. The second-order valence-corrected chi connectivity index (χ2v) is 10.7. The number of sulfonamides is 1. The number of piperidine rings is 1. The third-order valence-electron chi connectivity index (χ3n) is 6.23. The molecule has 0 saturated carbocycles. The fraction of sp³-hybridized carbons (Fsp3) is 0.435. The van der Waals surface area contributed by atoms with Crippen LogP contribution >= 0.6 is 0 Å². The molecule has 0 aliphatic carbocycles. The molecule has 0 spiro atoms. The van der Waals surface area contributed by atoms with E-state index in [-0.39, 0.29) is 16.1 Å². The van der Waals surface area contributed by atoms with Gasteiger partial charge in [-0.15, -0.1) is 0 Å². The van der Waals surface area contributed by atoms with Crippen LogP contribution in [-0.2, 0) is 10.0 Å². The molecule has 9 nitrogen and oxygen atoms in total. The van der Waals surface area contributed by atoms with Gasteiger partial charge in [-0.1, -0.05) is 13.0 Å². The van der Waals surface area contributed by atoms with E-state index >= 15 is 0 Å². The quantitative estimate of drug-likeness (QED) is 0.504. The van der Waals surface area contributed by atoms with Crippen LogP contribution in [0.25, 0.3) is 0 Å². The molecule has 0 radical (unpaired) electrons. The van der Waals surface area contributed by atoms with E-state index in [1.807, 2.05) is 4.90 Å². The summed E-state index contributed by atoms with van der Waals surface area (Å²) in [7, 11) is -3.62. The number of hydrogen-bond donors (Lipinski definition) is 1. The van der Waals surface area contributed by atoms with E-state index in [1.54, 1.807) is 24.3 Å². The lowest BCUT2D eigenvalue weighted by Crippen LogP contribution is -2.34. The van der Waals surface area contributed by atoms with Crippen molar-refractivity contribution >= 4 is 33.0 Å². The third kappa shape index (κ3) is 5.01. The predicted octanol–water partition coefficient (Wildman–Crippen LogP) is 3.87. The van der Waals surface area contributed by atoms with Crippen LogP contribution in [0.1, 0.15) is 43.0 Å². The van der Waals surface area contributed by atoms with E-state index in [0.29, 0.717) is 30.4 Å². The molecule has 2 aliphatic rings. The summed E-state index contributed by atoms with van der Waals surface area (Å²) in [5.74, 6) is -0.0853. The molecular formula is C23H28N4O5S. The molecule has 0 aromatic heterocycles. The molecule has 2 aromatic rings. The van der Waals surface area contributed by atoms with Crippen molar-refractivity contribution in [3.8, 4) is 0 Å². The number of nitro benzene ring substituents is 1. The van der Waals surface area contributed by atoms with Crippen molar-refractivity contribution in [3.05, 3.63) is 58.1 Å².